The number of hydrogen-bond acceptors (Lipinski definition) is 4. The molecule has 2 rings (SSSR count). The van der Waals surface area contributed by atoms with E-state index in [1.807, 2.05) is 17.8 Å². The van der Waals surface area contributed by atoms with E-state index in [1.54, 1.807) is 6.20 Å². The van der Waals surface area contributed by atoms with E-state index in [9.17, 15) is 0 Å². The molecule has 5 heteroatoms. The molecule has 13 heavy (non-hydrogen) atoms. The van der Waals surface area contributed by atoms with Gasteiger partial charge in [-0.15, -0.1) is 5.10 Å². The summed E-state index contributed by atoms with van der Waals surface area (Å²) in [5.41, 5.74) is 1.26. The van der Waals surface area contributed by atoms with Crippen LogP contribution in [0.3, 0.4) is 0 Å². The summed E-state index contributed by atoms with van der Waals surface area (Å²) in [6.45, 7) is 0.824. The SMILES string of the molecule is Cn1ccc(CNc2cnns2)c1. The van der Waals surface area contributed by atoms with E-state index in [0.717, 1.165) is 11.5 Å². The van der Waals surface area contributed by atoms with Crippen LogP contribution in [0.5, 0.6) is 0 Å². The Bertz CT molecular complexity index is 365. The molecule has 0 saturated heterocycles. The van der Waals surface area contributed by atoms with Crippen LogP contribution in [0.1, 0.15) is 5.56 Å². The molecule has 1 N–H and O–H groups in total. The van der Waals surface area contributed by atoms with Gasteiger partial charge in [0.1, 0.15) is 5.00 Å². The fourth-order valence-corrected chi connectivity index (χ4v) is 1.51. The zero-order chi connectivity index (χ0) is 9.10. The van der Waals surface area contributed by atoms with Crippen molar-refractivity contribution in [3.05, 3.63) is 30.2 Å². The molecule has 68 valence electrons. The Labute approximate surface area is 80.4 Å². The van der Waals surface area contributed by atoms with Gasteiger partial charge in [-0.3, -0.25) is 0 Å². The maximum absolute atomic E-state index is 3.76. The summed E-state index contributed by atoms with van der Waals surface area (Å²) >= 11 is 1.37. The zero-order valence-electron chi connectivity index (χ0n) is 7.27. The van der Waals surface area contributed by atoms with Crippen LogP contribution in [-0.4, -0.2) is 14.2 Å². The lowest BCUT2D eigenvalue weighted by Crippen LogP contribution is -1.95. The van der Waals surface area contributed by atoms with Crippen molar-refractivity contribution in [2.75, 3.05) is 5.32 Å². The minimum atomic E-state index is 0.824. The standard InChI is InChI=1S/C8H10N4S/c1-12-3-2-7(6-12)4-9-8-5-10-11-13-8/h2-3,5-6,9H,4H2,1H3. The smallest absolute Gasteiger partial charge is 0.130 e. The molecule has 0 unspecified atom stereocenters. The summed E-state index contributed by atoms with van der Waals surface area (Å²) in [4.78, 5) is 0. The number of hydrogen-bond donors (Lipinski definition) is 1. The van der Waals surface area contributed by atoms with E-state index in [0.29, 0.717) is 0 Å². The highest BCUT2D eigenvalue weighted by molar-refractivity contribution is 7.09. The Balaban J connectivity index is 1.93. The minimum absolute atomic E-state index is 0.824. The maximum atomic E-state index is 3.76. The van der Waals surface area contributed by atoms with Gasteiger partial charge >= 0.3 is 0 Å². The number of aromatic nitrogens is 3. The van der Waals surface area contributed by atoms with Gasteiger partial charge in [0, 0.05) is 37.5 Å². The van der Waals surface area contributed by atoms with Crippen molar-refractivity contribution in [3.8, 4) is 0 Å². The summed E-state index contributed by atoms with van der Waals surface area (Å²) in [5.74, 6) is 0. The second-order valence-electron chi connectivity index (χ2n) is 2.82. The molecule has 0 amide bonds. The molecule has 2 heterocycles. The lowest BCUT2D eigenvalue weighted by atomic mass is 10.3. The quantitative estimate of drug-likeness (QED) is 0.805. The van der Waals surface area contributed by atoms with Crippen LogP contribution in [0.15, 0.2) is 24.7 Å². The van der Waals surface area contributed by atoms with Crippen molar-refractivity contribution in [1.82, 2.24) is 14.2 Å². The molecule has 0 aliphatic carbocycles. The van der Waals surface area contributed by atoms with Crippen molar-refractivity contribution >= 4 is 16.5 Å². The predicted molar refractivity (Wildman–Crippen MR) is 52.6 cm³/mol. The van der Waals surface area contributed by atoms with Gasteiger partial charge in [0.25, 0.3) is 0 Å². The Morgan fingerprint density at radius 3 is 3.15 bits per heavy atom. The maximum Gasteiger partial charge on any atom is 0.130 e. The predicted octanol–water partition coefficient (Wildman–Crippen LogP) is 1.49. The van der Waals surface area contributed by atoms with Gasteiger partial charge in [-0.1, -0.05) is 4.49 Å². The van der Waals surface area contributed by atoms with E-state index in [1.165, 1.54) is 17.1 Å². The lowest BCUT2D eigenvalue weighted by molar-refractivity contribution is 0.920. The Morgan fingerprint density at radius 2 is 2.54 bits per heavy atom. The topological polar surface area (TPSA) is 42.7 Å². The molecule has 0 radical (unpaired) electrons. The van der Waals surface area contributed by atoms with Gasteiger partial charge in [0.15, 0.2) is 0 Å². The number of anilines is 1. The van der Waals surface area contributed by atoms with Crippen molar-refractivity contribution in [2.24, 2.45) is 7.05 Å². The van der Waals surface area contributed by atoms with Crippen molar-refractivity contribution < 1.29 is 0 Å². The molecule has 0 saturated carbocycles. The third-order valence-corrected chi connectivity index (χ3v) is 2.34. The molecule has 0 aromatic carbocycles. The largest absolute Gasteiger partial charge is 0.370 e. The second kappa shape index (κ2) is 3.57. The highest BCUT2D eigenvalue weighted by Crippen LogP contribution is 2.11. The van der Waals surface area contributed by atoms with Crippen molar-refractivity contribution in [3.63, 3.8) is 0 Å². The molecule has 2 aromatic rings. The zero-order valence-corrected chi connectivity index (χ0v) is 8.08. The summed E-state index contributed by atoms with van der Waals surface area (Å²) in [5, 5.41) is 7.98. The molecule has 0 atom stereocenters. The average molecular weight is 194 g/mol. The fraction of sp³-hybridized carbons (Fsp3) is 0.250. The number of nitrogens with one attached hydrogen (secondary N) is 1. The third-order valence-electron chi connectivity index (χ3n) is 1.72. The number of nitrogens with zero attached hydrogens (tertiary/aromatic N) is 3. The Morgan fingerprint density at radius 1 is 1.62 bits per heavy atom. The molecular formula is C8H10N4S. The molecule has 0 fully saturated rings. The summed E-state index contributed by atoms with van der Waals surface area (Å²) in [6, 6.07) is 2.08. The first kappa shape index (κ1) is 8.25. The van der Waals surface area contributed by atoms with E-state index in [4.69, 9.17) is 0 Å². The third kappa shape index (κ3) is 2.06. The summed E-state index contributed by atoms with van der Waals surface area (Å²) < 4.78 is 5.79. The molecule has 2 aromatic heterocycles. The first-order valence-corrected chi connectivity index (χ1v) is 4.74. The average Bonchev–Trinajstić information content (AvgIpc) is 2.71. The first-order chi connectivity index (χ1) is 6.34. The monoisotopic (exact) mass is 194 g/mol. The molecule has 0 spiro atoms. The Kier molecular flexibility index (Phi) is 2.27. The molecule has 0 bridgehead atoms. The van der Waals surface area contributed by atoms with Crippen LogP contribution in [0.2, 0.25) is 0 Å². The van der Waals surface area contributed by atoms with E-state index < -0.39 is 0 Å². The first-order valence-electron chi connectivity index (χ1n) is 3.96. The van der Waals surface area contributed by atoms with E-state index >= 15 is 0 Å². The van der Waals surface area contributed by atoms with Gasteiger partial charge in [-0.2, -0.15) is 0 Å². The van der Waals surface area contributed by atoms with Gasteiger partial charge in [-0.25, -0.2) is 0 Å². The van der Waals surface area contributed by atoms with Crippen LogP contribution >= 0.6 is 11.5 Å². The van der Waals surface area contributed by atoms with Gasteiger partial charge in [-0.05, 0) is 11.6 Å². The lowest BCUT2D eigenvalue weighted by Gasteiger charge is -1.98. The second-order valence-corrected chi connectivity index (χ2v) is 3.61. The van der Waals surface area contributed by atoms with Crippen LogP contribution in [0.4, 0.5) is 5.00 Å². The van der Waals surface area contributed by atoms with E-state index in [2.05, 4.69) is 27.2 Å². The van der Waals surface area contributed by atoms with Gasteiger partial charge in [0.2, 0.25) is 0 Å². The normalized spacial score (nSPS) is 10.2. The van der Waals surface area contributed by atoms with Crippen LogP contribution in [-0.2, 0) is 13.6 Å². The molecular weight excluding hydrogens is 184 g/mol. The van der Waals surface area contributed by atoms with Crippen molar-refractivity contribution in [2.45, 2.75) is 6.54 Å². The Hall–Kier alpha value is -1.36. The molecule has 0 aliphatic rings. The summed E-state index contributed by atoms with van der Waals surface area (Å²) in [7, 11) is 2.01. The summed E-state index contributed by atoms with van der Waals surface area (Å²) in [6.07, 6.45) is 5.84. The molecule has 0 aliphatic heterocycles. The number of rotatable bonds is 3. The minimum Gasteiger partial charge on any atom is -0.370 e. The van der Waals surface area contributed by atoms with E-state index in [-0.39, 0.29) is 0 Å². The van der Waals surface area contributed by atoms with Crippen LogP contribution in [0.25, 0.3) is 0 Å². The van der Waals surface area contributed by atoms with Crippen LogP contribution < -0.4 is 5.32 Å². The van der Waals surface area contributed by atoms with Crippen LogP contribution in [0, 0.1) is 0 Å². The highest BCUT2D eigenvalue weighted by atomic mass is 32.1. The number of aryl methyl sites for hydroxylation is 1. The molecule has 4 nitrogen and oxygen atoms in total. The fourth-order valence-electron chi connectivity index (χ4n) is 1.10. The highest BCUT2D eigenvalue weighted by Gasteiger charge is 1.96. The van der Waals surface area contributed by atoms with Gasteiger partial charge < -0.3 is 9.88 Å². The van der Waals surface area contributed by atoms with Gasteiger partial charge in [0.05, 0.1) is 6.20 Å². The van der Waals surface area contributed by atoms with Crippen molar-refractivity contribution in [1.29, 1.82) is 0 Å².